The fraction of sp³-hybridized carbons (Fsp3) is 0.0625. The Morgan fingerprint density at radius 3 is 2.53 bits per heavy atom. The second-order valence-electron chi connectivity index (χ2n) is 4.23. The number of hydrogen-bond donors (Lipinski definition) is 0. The molecule has 82 valence electrons. The van der Waals surface area contributed by atoms with Crippen LogP contribution >= 0.6 is 12.2 Å². The van der Waals surface area contributed by atoms with Gasteiger partial charge in [0.1, 0.15) is 0 Å². The third kappa shape index (κ3) is 1.94. The summed E-state index contributed by atoms with van der Waals surface area (Å²) < 4.78 is 0. The van der Waals surface area contributed by atoms with E-state index < -0.39 is 0 Å². The van der Waals surface area contributed by atoms with Crippen LogP contribution in [0, 0.1) is 0 Å². The van der Waals surface area contributed by atoms with Gasteiger partial charge in [-0.05, 0) is 22.4 Å². The zero-order chi connectivity index (χ0) is 11.7. The maximum absolute atomic E-state index is 5.39. The Balaban J connectivity index is 2.09. The third-order valence-corrected chi connectivity index (χ3v) is 3.50. The molecule has 0 bridgehead atoms. The first-order chi connectivity index (χ1) is 8.34. The molecule has 2 aromatic rings. The Hall–Kier alpha value is -1.73. The second kappa shape index (κ2) is 4.27. The summed E-state index contributed by atoms with van der Waals surface area (Å²) in [5.41, 5.74) is 1.27. The van der Waals surface area contributed by atoms with Gasteiger partial charge < -0.3 is 0 Å². The fourth-order valence-electron chi connectivity index (χ4n) is 2.20. The van der Waals surface area contributed by atoms with Crippen molar-refractivity contribution < 1.29 is 0 Å². The van der Waals surface area contributed by atoms with Gasteiger partial charge in [-0.2, -0.15) is 0 Å². The fourth-order valence-corrected chi connectivity index (χ4v) is 2.49. The quantitative estimate of drug-likeness (QED) is 0.660. The van der Waals surface area contributed by atoms with E-state index in [-0.39, 0.29) is 5.92 Å². The summed E-state index contributed by atoms with van der Waals surface area (Å²) in [6, 6.07) is 15.0. The molecule has 17 heavy (non-hydrogen) atoms. The second-order valence-corrected chi connectivity index (χ2v) is 4.70. The van der Waals surface area contributed by atoms with E-state index in [1.54, 1.807) is 0 Å². The van der Waals surface area contributed by atoms with E-state index in [0.717, 1.165) is 4.86 Å². The van der Waals surface area contributed by atoms with Crippen molar-refractivity contribution in [1.82, 2.24) is 0 Å². The van der Waals surface area contributed by atoms with Gasteiger partial charge in [-0.15, -0.1) is 0 Å². The van der Waals surface area contributed by atoms with Gasteiger partial charge in [-0.3, -0.25) is 0 Å². The molecule has 0 radical (unpaired) electrons. The van der Waals surface area contributed by atoms with Crippen molar-refractivity contribution in [2.75, 3.05) is 0 Å². The molecule has 1 atom stereocenters. The zero-order valence-electron chi connectivity index (χ0n) is 9.34. The molecule has 1 aliphatic rings. The highest BCUT2D eigenvalue weighted by Crippen LogP contribution is 2.26. The minimum Gasteiger partial charge on any atom is -0.0839 e. The number of thiocarbonyl (C=S) groups is 1. The molecule has 0 heterocycles. The van der Waals surface area contributed by atoms with E-state index in [1.807, 2.05) is 12.2 Å². The lowest BCUT2D eigenvalue weighted by molar-refractivity contribution is 1.17. The van der Waals surface area contributed by atoms with Crippen LogP contribution in [-0.2, 0) is 0 Å². The maximum atomic E-state index is 5.39. The molecule has 1 aliphatic carbocycles. The highest BCUT2D eigenvalue weighted by atomic mass is 32.1. The Labute approximate surface area is 106 Å². The molecule has 1 unspecified atom stereocenters. The van der Waals surface area contributed by atoms with Gasteiger partial charge in [0.05, 0.1) is 0 Å². The molecule has 0 spiro atoms. The van der Waals surface area contributed by atoms with Crippen LogP contribution in [0.2, 0.25) is 0 Å². The Bertz CT molecular complexity index is 635. The summed E-state index contributed by atoms with van der Waals surface area (Å²) in [4.78, 5) is 0.989. The lowest BCUT2D eigenvalue weighted by Crippen LogP contribution is -2.07. The Morgan fingerprint density at radius 2 is 1.71 bits per heavy atom. The molecule has 3 rings (SSSR count). The van der Waals surface area contributed by atoms with E-state index in [4.69, 9.17) is 12.2 Å². The summed E-state index contributed by atoms with van der Waals surface area (Å²) in [5, 5.41) is 2.55. The Morgan fingerprint density at radius 1 is 0.882 bits per heavy atom. The molecule has 0 nitrogen and oxygen atoms in total. The van der Waals surface area contributed by atoms with Crippen LogP contribution in [0.25, 0.3) is 10.8 Å². The monoisotopic (exact) mass is 236 g/mol. The van der Waals surface area contributed by atoms with E-state index in [9.17, 15) is 0 Å². The highest BCUT2D eigenvalue weighted by molar-refractivity contribution is 7.80. The van der Waals surface area contributed by atoms with Crippen LogP contribution in [0.3, 0.4) is 0 Å². The summed E-state index contributed by atoms with van der Waals surface area (Å²) >= 11 is 5.39. The number of hydrogen-bond acceptors (Lipinski definition) is 1. The highest BCUT2D eigenvalue weighted by Gasteiger charge is 2.13. The smallest absolute Gasteiger partial charge is 0.0375 e. The van der Waals surface area contributed by atoms with Crippen LogP contribution in [0.4, 0.5) is 0 Å². The number of allylic oxidation sites excluding steroid dienone is 4. The van der Waals surface area contributed by atoms with Crippen molar-refractivity contribution in [3.05, 3.63) is 72.3 Å². The molecule has 0 aromatic heterocycles. The molecule has 0 aliphatic heterocycles. The van der Waals surface area contributed by atoms with E-state index in [2.05, 4.69) is 54.6 Å². The largest absolute Gasteiger partial charge is 0.0839 e. The first-order valence-corrected chi connectivity index (χ1v) is 6.13. The predicted molar refractivity (Wildman–Crippen MR) is 77.6 cm³/mol. The van der Waals surface area contributed by atoms with Gasteiger partial charge in [0.15, 0.2) is 0 Å². The van der Waals surface area contributed by atoms with Gasteiger partial charge >= 0.3 is 0 Å². The van der Waals surface area contributed by atoms with Gasteiger partial charge in [0.25, 0.3) is 0 Å². The average molecular weight is 236 g/mol. The Kier molecular flexibility index (Phi) is 2.62. The standard InChI is InChI=1S/C16H12S/c17-16-8-4-3-7-15(16)14-10-9-12-5-1-2-6-13(12)11-14/h1-11,15H. The minimum absolute atomic E-state index is 0.250. The first kappa shape index (κ1) is 10.4. The van der Waals surface area contributed by atoms with Crippen molar-refractivity contribution in [2.45, 2.75) is 5.92 Å². The van der Waals surface area contributed by atoms with Crippen molar-refractivity contribution in [1.29, 1.82) is 0 Å². The van der Waals surface area contributed by atoms with Gasteiger partial charge in [0, 0.05) is 10.8 Å². The molecular formula is C16H12S. The van der Waals surface area contributed by atoms with Crippen LogP contribution in [-0.4, -0.2) is 4.86 Å². The number of benzene rings is 2. The molecule has 0 saturated heterocycles. The van der Waals surface area contributed by atoms with E-state index in [1.165, 1.54) is 16.3 Å². The van der Waals surface area contributed by atoms with Gasteiger partial charge in [0.2, 0.25) is 0 Å². The minimum atomic E-state index is 0.250. The lowest BCUT2D eigenvalue weighted by atomic mass is 9.91. The summed E-state index contributed by atoms with van der Waals surface area (Å²) in [6.07, 6.45) is 8.23. The first-order valence-electron chi connectivity index (χ1n) is 5.72. The van der Waals surface area contributed by atoms with Crippen molar-refractivity contribution in [2.24, 2.45) is 0 Å². The maximum Gasteiger partial charge on any atom is 0.0375 e. The third-order valence-electron chi connectivity index (χ3n) is 3.11. The van der Waals surface area contributed by atoms with Crippen molar-refractivity contribution in [3.8, 4) is 0 Å². The summed E-state index contributed by atoms with van der Waals surface area (Å²) in [7, 11) is 0. The van der Waals surface area contributed by atoms with Crippen molar-refractivity contribution in [3.63, 3.8) is 0 Å². The van der Waals surface area contributed by atoms with Crippen LogP contribution in [0.1, 0.15) is 11.5 Å². The molecular weight excluding hydrogens is 224 g/mol. The number of rotatable bonds is 1. The molecule has 1 heteroatoms. The SMILES string of the molecule is S=C1C=CC=CC1c1ccc2ccccc2c1. The number of fused-ring (bicyclic) bond motifs is 1. The van der Waals surface area contributed by atoms with E-state index >= 15 is 0 Å². The zero-order valence-corrected chi connectivity index (χ0v) is 10.2. The lowest BCUT2D eigenvalue weighted by Gasteiger charge is -2.15. The predicted octanol–water partition coefficient (Wildman–Crippen LogP) is 4.42. The average Bonchev–Trinajstić information content (AvgIpc) is 2.39. The van der Waals surface area contributed by atoms with Crippen LogP contribution in [0.15, 0.2) is 66.8 Å². The summed E-state index contributed by atoms with van der Waals surface area (Å²) in [6.45, 7) is 0. The van der Waals surface area contributed by atoms with Gasteiger partial charge in [-0.25, -0.2) is 0 Å². The van der Waals surface area contributed by atoms with Crippen molar-refractivity contribution >= 4 is 27.9 Å². The molecule has 0 N–H and O–H groups in total. The van der Waals surface area contributed by atoms with Crippen LogP contribution in [0.5, 0.6) is 0 Å². The topological polar surface area (TPSA) is 0 Å². The van der Waals surface area contributed by atoms with Crippen LogP contribution < -0.4 is 0 Å². The molecule has 0 fully saturated rings. The summed E-state index contributed by atoms with van der Waals surface area (Å²) in [5.74, 6) is 0.250. The normalized spacial score (nSPS) is 18.8. The van der Waals surface area contributed by atoms with Gasteiger partial charge in [-0.1, -0.05) is 72.9 Å². The molecule has 0 saturated carbocycles. The molecule has 0 amide bonds. The van der Waals surface area contributed by atoms with E-state index in [0.29, 0.717) is 0 Å². The molecule has 2 aromatic carbocycles.